The number of pyridine rings is 1. The lowest BCUT2D eigenvalue weighted by molar-refractivity contribution is 0.101. The number of anilines is 2. The molecule has 7 nitrogen and oxygen atoms in total. The van der Waals surface area contributed by atoms with Crippen molar-refractivity contribution in [3.63, 3.8) is 0 Å². The third-order valence-corrected chi connectivity index (χ3v) is 4.25. The Labute approximate surface area is 166 Å². The first-order chi connectivity index (χ1) is 14.2. The average Bonchev–Trinajstić information content (AvgIpc) is 3.15. The van der Waals surface area contributed by atoms with Gasteiger partial charge in [0.05, 0.1) is 17.1 Å². The van der Waals surface area contributed by atoms with Crippen LogP contribution in [-0.2, 0) is 0 Å². The van der Waals surface area contributed by atoms with E-state index in [-0.39, 0.29) is 11.5 Å². The van der Waals surface area contributed by atoms with Crippen molar-refractivity contribution >= 4 is 28.7 Å². The van der Waals surface area contributed by atoms with Crippen molar-refractivity contribution in [2.75, 3.05) is 10.6 Å². The number of aromatic nitrogens is 2. The summed E-state index contributed by atoms with van der Waals surface area (Å²) in [7, 11) is 0. The number of amides is 2. The maximum absolute atomic E-state index is 12.8. The van der Waals surface area contributed by atoms with Gasteiger partial charge in [0.25, 0.3) is 11.8 Å². The lowest BCUT2D eigenvalue weighted by atomic mass is 10.2. The minimum Gasteiger partial charge on any atom is -0.321 e. The Morgan fingerprint density at radius 1 is 0.862 bits per heavy atom. The van der Waals surface area contributed by atoms with Crippen LogP contribution < -0.4 is 10.6 Å². The molecule has 0 fully saturated rings. The average molecular weight is 381 g/mol. The van der Waals surface area contributed by atoms with Gasteiger partial charge in [0.2, 0.25) is 5.82 Å². The molecule has 2 N–H and O–H groups in total. The lowest BCUT2D eigenvalue weighted by Gasteiger charge is -2.03. The van der Waals surface area contributed by atoms with Gasteiger partial charge in [0.15, 0.2) is 5.69 Å². The second kappa shape index (κ2) is 7.66. The Hall–Kier alpha value is -4.44. The minimum atomic E-state index is -0.470. The highest BCUT2D eigenvalue weighted by Crippen LogP contribution is 2.18. The Morgan fingerprint density at radius 2 is 1.59 bits per heavy atom. The number of benzene rings is 2. The highest BCUT2D eigenvalue weighted by Gasteiger charge is 2.21. The molecule has 0 bridgehead atoms. The van der Waals surface area contributed by atoms with E-state index < -0.39 is 11.8 Å². The molecule has 0 unspecified atom stereocenters. The van der Waals surface area contributed by atoms with Crippen LogP contribution in [0.5, 0.6) is 0 Å². The van der Waals surface area contributed by atoms with E-state index in [4.69, 9.17) is 5.26 Å². The van der Waals surface area contributed by atoms with Crippen molar-refractivity contribution < 1.29 is 9.59 Å². The predicted octanol–water partition coefficient (Wildman–Crippen LogP) is 3.71. The van der Waals surface area contributed by atoms with Crippen molar-refractivity contribution in [2.45, 2.75) is 0 Å². The summed E-state index contributed by atoms with van der Waals surface area (Å²) < 4.78 is 1.57. The van der Waals surface area contributed by atoms with Crippen LogP contribution in [0.4, 0.5) is 11.4 Å². The van der Waals surface area contributed by atoms with Crippen LogP contribution in [0.1, 0.15) is 26.7 Å². The topological polar surface area (TPSA) is 99.3 Å². The van der Waals surface area contributed by atoms with Crippen LogP contribution >= 0.6 is 0 Å². The molecule has 0 saturated carbocycles. The van der Waals surface area contributed by atoms with Crippen LogP contribution in [-0.4, -0.2) is 21.2 Å². The third-order valence-electron chi connectivity index (χ3n) is 4.25. The van der Waals surface area contributed by atoms with E-state index in [1.165, 1.54) is 0 Å². The second-order valence-corrected chi connectivity index (χ2v) is 6.21. The molecule has 0 spiro atoms. The van der Waals surface area contributed by atoms with Crippen molar-refractivity contribution in [1.29, 1.82) is 5.26 Å². The molecule has 0 aliphatic carbocycles. The Bertz CT molecular complexity index is 1260. The summed E-state index contributed by atoms with van der Waals surface area (Å²) in [6, 6.07) is 22.9. The van der Waals surface area contributed by atoms with Gasteiger partial charge < -0.3 is 10.6 Å². The molecule has 0 atom stereocenters. The number of nitrogens with zero attached hydrogens (tertiary/aromatic N) is 3. The predicted molar refractivity (Wildman–Crippen MR) is 109 cm³/mol. The molecular weight excluding hydrogens is 366 g/mol. The molecule has 4 aromatic rings. The normalized spacial score (nSPS) is 10.3. The quantitative estimate of drug-likeness (QED) is 0.563. The molecule has 2 amide bonds. The summed E-state index contributed by atoms with van der Waals surface area (Å²) in [6.45, 7) is 0. The van der Waals surface area contributed by atoms with Crippen molar-refractivity contribution in [1.82, 2.24) is 9.38 Å². The summed E-state index contributed by atoms with van der Waals surface area (Å²) in [5, 5.41) is 14.5. The fourth-order valence-electron chi connectivity index (χ4n) is 2.93. The molecule has 140 valence electrons. The number of carbonyl (C=O) groups excluding carboxylic acids is 2. The van der Waals surface area contributed by atoms with Crippen LogP contribution in [0.25, 0.3) is 5.52 Å². The largest absolute Gasteiger partial charge is 0.321 e. The molecule has 2 aromatic heterocycles. The Balaban J connectivity index is 1.67. The number of imidazole rings is 1. The van der Waals surface area contributed by atoms with Crippen LogP contribution in [0, 0.1) is 11.3 Å². The zero-order valence-corrected chi connectivity index (χ0v) is 15.2. The number of nitrogens with one attached hydrogen (secondary N) is 2. The van der Waals surface area contributed by atoms with Crippen molar-refractivity contribution in [3.05, 3.63) is 96.1 Å². The van der Waals surface area contributed by atoms with Gasteiger partial charge in [-0.05, 0) is 42.5 Å². The molecule has 2 heterocycles. The van der Waals surface area contributed by atoms with E-state index >= 15 is 0 Å². The van der Waals surface area contributed by atoms with E-state index in [2.05, 4.69) is 15.6 Å². The number of para-hydroxylation sites is 1. The standard InChI is InChI=1S/C22H15N5O2/c23-14-15-7-6-10-17(13-15)25-21(28)19-18-11-4-5-12-27(18)20(26-19)22(29)24-16-8-2-1-3-9-16/h1-13H,(H,24,29)(H,25,28). The highest BCUT2D eigenvalue weighted by molar-refractivity contribution is 6.10. The SMILES string of the molecule is N#Cc1cccc(NC(=O)c2nc(C(=O)Nc3ccccc3)n3ccccc23)c1. The second-order valence-electron chi connectivity index (χ2n) is 6.21. The molecule has 0 aliphatic heterocycles. The number of hydrogen-bond acceptors (Lipinski definition) is 4. The van der Waals surface area contributed by atoms with E-state index in [0.29, 0.717) is 22.5 Å². The van der Waals surface area contributed by atoms with Gasteiger partial charge in [0, 0.05) is 17.6 Å². The van der Waals surface area contributed by atoms with Crippen LogP contribution in [0.15, 0.2) is 79.0 Å². The monoisotopic (exact) mass is 381 g/mol. The van der Waals surface area contributed by atoms with Gasteiger partial charge in [-0.3, -0.25) is 14.0 Å². The zero-order chi connectivity index (χ0) is 20.2. The first-order valence-corrected chi connectivity index (χ1v) is 8.81. The van der Waals surface area contributed by atoms with Gasteiger partial charge in [0.1, 0.15) is 0 Å². The molecule has 4 rings (SSSR count). The van der Waals surface area contributed by atoms with E-state index in [1.54, 1.807) is 65.2 Å². The number of rotatable bonds is 4. The van der Waals surface area contributed by atoms with E-state index in [1.807, 2.05) is 24.3 Å². The molecule has 0 radical (unpaired) electrons. The van der Waals surface area contributed by atoms with Crippen LogP contribution in [0.2, 0.25) is 0 Å². The molecule has 0 saturated heterocycles. The Kier molecular flexibility index (Phi) is 4.74. The molecular formula is C22H15N5O2. The molecule has 0 aliphatic rings. The highest BCUT2D eigenvalue weighted by atomic mass is 16.2. The maximum atomic E-state index is 12.8. The number of carbonyl (C=O) groups is 2. The summed E-state index contributed by atoms with van der Waals surface area (Å²) in [4.78, 5) is 29.9. The third kappa shape index (κ3) is 3.68. The van der Waals surface area contributed by atoms with Gasteiger partial charge in [-0.25, -0.2) is 4.98 Å². The lowest BCUT2D eigenvalue weighted by Crippen LogP contribution is -2.16. The van der Waals surface area contributed by atoms with Gasteiger partial charge in [-0.15, -0.1) is 0 Å². The summed E-state index contributed by atoms with van der Waals surface area (Å²) in [6.07, 6.45) is 1.68. The Morgan fingerprint density at radius 3 is 2.38 bits per heavy atom. The van der Waals surface area contributed by atoms with Crippen LogP contribution in [0.3, 0.4) is 0 Å². The van der Waals surface area contributed by atoms with Crippen molar-refractivity contribution in [3.8, 4) is 6.07 Å². The number of hydrogen-bond donors (Lipinski definition) is 2. The van der Waals surface area contributed by atoms with E-state index in [9.17, 15) is 9.59 Å². The molecule has 29 heavy (non-hydrogen) atoms. The first-order valence-electron chi connectivity index (χ1n) is 8.81. The van der Waals surface area contributed by atoms with E-state index in [0.717, 1.165) is 0 Å². The summed E-state index contributed by atoms with van der Waals surface area (Å²) in [5.74, 6) is -0.800. The zero-order valence-electron chi connectivity index (χ0n) is 15.2. The van der Waals surface area contributed by atoms with Gasteiger partial charge in [-0.2, -0.15) is 5.26 Å². The molecule has 2 aromatic carbocycles. The minimum absolute atomic E-state index is 0.0976. The van der Waals surface area contributed by atoms with Crippen molar-refractivity contribution in [2.24, 2.45) is 0 Å². The maximum Gasteiger partial charge on any atom is 0.292 e. The fraction of sp³-hybridized carbons (Fsp3) is 0. The first kappa shape index (κ1) is 17.9. The summed E-state index contributed by atoms with van der Waals surface area (Å²) >= 11 is 0. The summed E-state index contributed by atoms with van der Waals surface area (Å²) in [5.41, 5.74) is 2.15. The number of nitriles is 1. The van der Waals surface area contributed by atoms with Gasteiger partial charge in [-0.1, -0.05) is 30.3 Å². The number of fused-ring (bicyclic) bond motifs is 1. The molecule has 7 heteroatoms. The van der Waals surface area contributed by atoms with Gasteiger partial charge >= 0.3 is 0 Å². The smallest absolute Gasteiger partial charge is 0.292 e. The fourth-order valence-corrected chi connectivity index (χ4v) is 2.93.